The number of nitrogens with zero attached hydrogens (tertiary/aromatic N) is 1. The molecule has 1 aromatic carbocycles. The van der Waals surface area contributed by atoms with Crippen molar-refractivity contribution < 1.29 is 19.4 Å². The molecule has 0 atom stereocenters. The van der Waals surface area contributed by atoms with E-state index in [0.717, 1.165) is 18.6 Å². The van der Waals surface area contributed by atoms with Crippen LogP contribution in [0.4, 0.5) is 0 Å². The normalized spacial score (nSPS) is 12.3. The van der Waals surface area contributed by atoms with Gasteiger partial charge in [-0.1, -0.05) is 28.4 Å². The van der Waals surface area contributed by atoms with Crippen LogP contribution in [0, 0.1) is 0 Å². The van der Waals surface area contributed by atoms with E-state index < -0.39 is 0 Å². The number of phenolic OH excluding ortho intramolecular Hbond substituents is 1. The monoisotopic (exact) mass is 377 g/mol. The summed E-state index contributed by atoms with van der Waals surface area (Å²) in [5.41, 5.74) is 0.499. The van der Waals surface area contributed by atoms with Crippen LogP contribution in [0.1, 0.15) is 40.5 Å². The molecule has 0 bridgehead atoms. The van der Waals surface area contributed by atoms with Crippen LogP contribution in [0.3, 0.4) is 0 Å². The van der Waals surface area contributed by atoms with Crippen LogP contribution in [0.15, 0.2) is 17.3 Å². The first-order valence-corrected chi connectivity index (χ1v) is 8.55. The summed E-state index contributed by atoms with van der Waals surface area (Å²) in [5, 5.41) is 14.0. The first-order valence-electron chi connectivity index (χ1n) is 7.79. The van der Waals surface area contributed by atoms with Crippen LogP contribution in [0.2, 0.25) is 10.0 Å². The highest BCUT2D eigenvalue weighted by atomic mass is 35.5. The van der Waals surface area contributed by atoms with Gasteiger partial charge in [0.05, 0.1) is 29.0 Å². The molecule has 1 rings (SSSR count). The molecule has 0 amide bonds. The standard InChI is InChI=1S/C17H25Cl2NO4/c1-12(20-24-17(2,3)4)11-22-7-5-6-8-23-16-14(18)9-13(21)10-15(16)19/h9-10,21H,5-8,11H2,1-4H3. The van der Waals surface area contributed by atoms with Gasteiger partial charge in [0.15, 0.2) is 5.75 Å². The topological polar surface area (TPSA) is 60.3 Å². The summed E-state index contributed by atoms with van der Waals surface area (Å²) in [6.07, 6.45) is 1.63. The molecule has 0 heterocycles. The lowest BCUT2D eigenvalue weighted by Crippen LogP contribution is -2.17. The van der Waals surface area contributed by atoms with Gasteiger partial charge in [-0.05, 0) is 40.5 Å². The molecule has 1 aromatic rings. The highest BCUT2D eigenvalue weighted by Crippen LogP contribution is 2.36. The molecule has 0 aliphatic rings. The molecule has 136 valence electrons. The van der Waals surface area contributed by atoms with Gasteiger partial charge in [-0.2, -0.15) is 0 Å². The molecular weight excluding hydrogens is 353 g/mol. The zero-order valence-corrected chi connectivity index (χ0v) is 16.1. The van der Waals surface area contributed by atoms with Gasteiger partial charge in [-0.25, -0.2) is 0 Å². The van der Waals surface area contributed by atoms with Crippen molar-refractivity contribution in [2.45, 2.75) is 46.1 Å². The second-order valence-corrected chi connectivity index (χ2v) is 7.19. The highest BCUT2D eigenvalue weighted by molar-refractivity contribution is 6.37. The van der Waals surface area contributed by atoms with E-state index in [1.807, 2.05) is 27.7 Å². The molecule has 24 heavy (non-hydrogen) atoms. The maximum absolute atomic E-state index is 9.35. The van der Waals surface area contributed by atoms with Gasteiger partial charge < -0.3 is 19.4 Å². The summed E-state index contributed by atoms with van der Waals surface area (Å²) in [6.45, 7) is 9.19. The minimum Gasteiger partial charge on any atom is -0.508 e. The lowest BCUT2D eigenvalue weighted by Gasteiger charge is -2.16. The van der Waals surface area contributed by atoms with Gasteiger partial charge in [0, 0.05) is 18.7 Å². The summed E-state index contributed by atoms with van der Waals surface area (Å²) in [4.78, 5) is 5.31. The summed E-state index contributed by atoms with van der Waals surface area (Å²) in [6, 6.07) is 2.79. The summed E-state index contributed by atoms with van der Waals surface area (Å²) < 4.78 is 11.1. The van der Waals surface area contributed by atoms with Gasteiger partial charge in [-0.3, -0.25) is 0 Å². The maximum atomic E-state index is 9.35. The van der Waals surface area contributed by atoms with Crippen molar-refractivity contribution in [2.75, 3.05) is 19.8 Å². The van der Waals surface area contributed by atoms with Crippen molar-refractivity contribution in [2.24, 2.45) is 5.16 Å². The number of hydrogen-bond acceptors (Lipinski definition) is 5. The van der Waals surface area contributed by atoms with E-state index in [2.05, 4.69) is 5.16 Å². The van der Waals surface area contributed by atoms with E-state index in [9.17, 15) is 5.11 Å². The van der Waals surface area contributed by atoms with Gasteiger partial charge in [0.25, 0.3) is 0 Å². The third-order valence-corrected chi connectivity index (χ3v) is 3.26. The van der Waals surface area contributed by atoms with Gasteiger partial charge in [-0.15, -0.1) is 0 Å². The second-order valence-electron chi connectivity index (χ2n) is 6.38. The molecule has 1 N–H and O–H groups in total. The first kappa shape index (κ1) is 20.9. The summed E-state index contributed by atoms with van der Waals surface area (Å²) in [5.74, 6) is 0.401. The lowest BCUT2D eigenvalue weighted by atomic mass is 10.2. The molecule has 0 aliphatic heterocycles. The van der Waals surface area contributed by atoms with Gasteiger partial charge in [0.2, 0.25) is 0 Å². The molecule has 5 nitrogen and oxygen atoms in total. The SMILES string of the molecule is CC(COCCCCOc1c(Cl)cc(O)cc1Cl)=NOC(C)(C)C. The largest absolute Gasteiger partial charge is 0.508 e. The number of phenols is 1. The lowest BCUT2D eigenvalue weighted by molar-refractivity contribution is -0.000660. The first-order chi connectivity index (χ1) is 11.2. The van der Waals surface area contributed by atoms with Crippen LogP contribution >= 0.6 is 23.2 Å². The Bertz CT molecular complexity index is 533. The Balaban J connectivity index is 2.17. The van der Waals surface area contributed by atoms with E-state index in [4.69, 9.17) is 37.5 Å². The number of benzene rings is 1. The quantitative estimate of drug-likeness (QED) is 0.370. The predicted molar refractivity (Wildman–Crippen MR) is 97.6 cm³/mol. The fourth-order valence-corrected chi connectivity index (χ4v) is 2.21. The average Bonchev–Trinajstić information content (AvgIpc) is 2.45. The molecule has 0 spiro atoms. The zero-order valence-electron chi connectivity index (χ0n) is 14.6. The average molecular weight is 378 g/mol. The second kappa shape index (κ2) is 9.97. The van der Waals surface area contributed by atoms with Crippen molar-refractivity contribution in [1.82, 2.24) is 0 Å². The molecule has 0 aromatic heterocycles. The molecular formula is C17H25Cl2NO4. The molecule has 0 saturated heterocycles. The van der Waals surface area contributed by atoms with Crippen molar-refractivity contribution in [3.05, 3.63) is 22.2 Å². The number of oxime groups is 1. The molecule has 0 fully saturated rings. The van der Waals surface area contributed by atoms with E-state index in [-0.39, 0.29) is 11.4 Å². The highest BCUT2D eigenvalue weighted by Gasteiger charge is 2.10. The van der Waals surface area contributed by atoms with Gasteiger partial charge in [0.1, 0.15) is 11.4 Å². The van der Waals surface area contributed by atoms with Crippen LogP contribution in [-0.2, 0) is 9.57 Å². The Morgan fingerprint density at radius 1 is 1.12 bits per heavy atom. The molecule has 0 aliphatic carbocycles. The Hall–Kier alpha value is -1.17. The molecule has 7 heteroatoms. The number of hydrogen-bond donors (Lipinski definition) is 1. The van der Waals surface area contributed by atoms with Crippen molar-refractivity contribution in [1.29, 1.82) is 0 Å². The predicted octanol–water partition coefficient (Wildman–Crippen LogP) is 5.07. The van der Waals surface area contributed by atoms with Crippen molar-refractivity contribution in [3.8, 4) is 11.5 Å². The third-order valence-electron chi connectivity index (χ3n) is 2.70. The minimum atomic E-state index is -0.296. The van der Waals surface area contributed by atoms with Crippen molar-refractivity contribution in [3.63, 3.8) is 0 Å². The van der Waals surface area contributed by atoms with E-state index >= 15 is 0 Å². The van der Waals surface area contributed by atoms with Crippen LogP contribution in [0.5, 0.6) is 11.5 Å². The maximum Gasteiger partial charge on any atom is 0.156 e. The fourth-order valence-electron chi connectivity index (χ4n) is 1.63. The summed E-state index contributed by atoms with van der Waals surface area (Å²) >= 11 is 11.9. The molecule has 0 unspecified atom stereocenters. The van der Waals surface area contributed by atoms with Crippen molar-refractivity contribution >= 4 is 28.9 Å². The molecule has 0 radical (unpaired) electrons. The van der Waals surface area contributed by atoms with Crippen LogP contribution in [0.25, 0.3) is 0 Å². The Kier molecular flexibility index (Phi) is 8.67. The Labute approximate surface area is 153 Å². The zero-order chi connectivity index (χ0) is 18.2. The van der Waals surface area contributed by atoms with E-state index in [0.29, 0.717) is 35.6 Å². The smallest absolute Gasteiger partial charge is 0.156 e. The molecule has 0 saturated carbocycles. The Morgan fingerprint density at radius 2 is 1.71 bits per heavy atom. The number of unbranched alkanes of at least 4 members (excludes halogenated alkanes) is 1. The number of ether oxygens (including phenoxy) is 2. The number of rotatable bonds is 9. The van der Waals surface area contributed by atoms with Gasteiger partial charge >= 0.3 is 0 Å². The number of aromatic hydroxyl groups is 1. The minimum absolute atomic E-state index is 0.0122. The van der Waals surface area contributed by atoms with Crippen LogP contribution < -0.4 is 4.74 Å². The summed E-state index contributed by atoms with van der Waals surface area (Å²) in [7, 11) is 0. The third kappa shape index (κ3) is 8.62. The Morgan fingerprint density at radius 3 is 2.29 bits per heavy atom. The fraction of sp³-hybridized carbons (Fsp3) is 0.588. The van der Waals surface area contributed by atoms with E-state index in [1.165, 1.54) is 12.1 Å². The van der Waals surface area contributed by atoms with Crippen LogP contribution in [-0.4, -0.2) is 36.2 Å². The van der Waals surface area contributed by atoms with E-state index in [1.54, 1.807) is 0 Å². The number of halogens is 2.